The van der Waals surface area contributed by atoms with Crippen LogP contribution in [-0.4, -0.2) is 51.1 Å². The zero-order chi connectivity index (χ0) is 15.9. The molecule has 0 aliphatic carbocycles. The van der Waals surface area contributed by atoms with Crippen LogP contribution in [-0.2, 0) is 11.2 Å². The Kier molecular flexibility index (Phi) is 6.25. The fraction of sp³-hybridized carbons (Fsp3) is 0.611. The van der Waals surface area contributed by atoms with Crippen LogP contribution in [0.2, 0.25) is 0 Å². The lowest BCUT2D eigenvalue weighted by Crippen LogP contribution is -2.45. The molecular formula is C18H29N3O. The second kappa shape index (κ2) is 8.18. The predicted octanol–water partition coefficient (Wildman–Crippen LogP) is 2.29. The maximum absolute atomic E-state index is 12.3. The van der Waals surface area contributed by atoms with E-state index >= 15 is 0 Å². The smallest absolute Gasteiger partial charge is 0.237 e. The number of likely N-dealkylation sites (N-methyl/N-ethyl adjacent to an activating group) is 1. The Morgan fingerprint density at radius 1 is 1.23 bits per heavy atom. The van der Waals surface area contributed by atoms with Crippen LogP contribution in [0.5, 0.6) is 0 Å². The summed E-state index contributed by atoms with van der Waals surface area (Å²) in [5, 5.41) is 3.11. The SMILES string of the molecule is CN(C)c1ccc(CCNC(=O)[C@@H]2CCCCCN2C)cc1. The molecular weight excluding hydrogens is 274 g/mol. The van der Waals surface area contributed by atoms with Crippen molar-refractivity contribution in [1.82, 2.24) is 10.2 Å². The third-order valence-corrected chi connectivity index (χ3v) is 4.49. The van der Waals surface area contributed by atoms with Crippen LogP contribution in [0.1, 0.15) is 31.2 Å². The molecule has 1 heterocycles. The highest BCUT2D eigenvalue weighted by Crippen LogP contribution is 2.15. The Labute approximate surface area is 134 Å². The first kappa shape index (κ1) is 16.8. The van der Waals surface area contributed by atoms with Gasteiger partial charge < -0.3 is 10.2 Å². The minimum absolute atomic E-state index is 0.0543. The fourth-order valence-electron chi connectivity index (χ4n) is 2.99. The molecule has 122 valence electrons. The predicted molar refractivity (Wildman–Crippen MR) is 92.4 cm³/mol. The van der Waals surface area contributed by atoms with Gasteiger partial charge in [0.15, 0.2) is 0 Å². The van der Waals surface area contributed by atoms with Crippen molar-refractivity contribution >= 4 is 11.6 Å². The van der Waals surface area contributed by atoms with Gasteiger partial charge in [0.2, 0.25) is 5.91 Å². The minimum atomic E-state index is 0.0543. The van der Waals surface area contributed by atoms with Crippen molar-refractivity contribution in [2.45, 2.75) is 38.1 Å². The molecule has 0 saturated carbocycles. The maximum atomic E-state index is 12.3. The van der Waals surface area contributed by atoms with Crippen LogP contribution in [0, 0.1) is 0 Å². The maximum Gasteiger partial charge on any atom is 0.237 e. The summed E-state index contributed by atoms with van der Waals surface area (Å²) in [5.74, 6) is 0.189. The van der Waals surface area contributed by atoms with E-state index < -0.39 is 0 Å². The zero-order valence-electron chi connectivity index (χ0n) is 14.1. The minimum Gasteiger partial charge on any atom is -0.378 e. The fourth-order valence-corrected chi connectivity index (χ4v) is 2.99. The van der Waals surface area contributed by atoms with Gasteiger partial charge in [-0.2, -0.15) is 0 Å². The Morgan fingerprint density at radius 2 is 1.95 bits per heavy atom. The van der Waals surface area contributed by atoms with Crippen molar-refractivity contribution in [3.8, 4) is 0 Å². The van der Waals surface area contributed by atoms with Crippen LogP contribution in [0.4, 0.5) is 5.69 Å². The Balaban J connectivity index is 1.78. The molecule has 1 atom stereocenters. The first-order valence-corrected chi connectivity index (χ1v) is 8.32. The molecule has 1 amide bonds. The van der Waals surface area contributed by atoms with Crippen molar-refractivity contribution in [1.29, 1.82) is 0 Å². The van der Waals surface area contributed by atoms with Crippen LogP contribution in [0.25, 0.3) is 0 Å². The van der Waals surface area contributed by atoms with E-state index in [2.05, 4.69) is 46.4 Å². The molecule has 0 unspecified atom stereocenters. The molecule has 1 saturated heterocycles. The van der Waals surface area contributed by atoms with Crippen molar-refractivity contribution in [3.63, 3.8) is 0 Å². The van der Waals surface area contributed by atoms with Crippen LogP contribution < -0.4 is 10.2 Å². The molecule has 0 aromatic heterocycles. The number of carbonyl (C=O) groups is 1. The quantitative estimate of drug-likeness (QED) is 0.906. The van der Waals surface area contributed by atoms with E-state index in [4.69, 9.17) is 0 Å². The van der Waals surface area contributed by atoms with Gasteiger partial charge in [0.05, 0.1) is 6.04 Å². The molecule has 1 aromatic carbocycles. The Morgan fingerprint density at radius 3 is 2.64 bits per heavy atom. The first-order chi connectivity index (χ1) is 10.6. The van der Waals surface area contributed by atoms with Crippen LogP contribution >= 0.6 is 0 Å². The van der Waals surface area contributed by atoms with E-state index in [-0.39, 0.29) is 11.9 Å². The highest BCUT2D eigenvalue weighted by molar-refractivity contribution is 5.81. The van der Waals surface area contributed by atoms with Gasteiger partial charge in [-0.15, -0.1) is 0 Å². The van der Waals surface area contributed by atoms with Gasteiger partial charge in [0.25, 0.3) is 0 Å². The number of carbonyl (C=O) groups excluding carboxylic acids is 1. The third kappa shape index (κ3) is 4.73. The Hall–Kier alpha value is -1.55. The largest absolute Gasteiger partial charge is 0.378 e. The number of anilines is 1. The van der Waals surface area contributed by atoms with Crippen molar-refractivity contribution in [3.05, 3.63) is 29.8 Å². The van der Waals surface area contributed by atoms with E-state index in [1.807, 2.05) is 14.1 Å². The summed E-state index contributed by atoms with van der Waals surface area (Å²) in [6.45, 7) is 1.74. The van der Waals surface area contributed by atoms with Crippen LogP contribution in [0.15, 0.2) is 24.3 Å². The number of rotatable bonds is 5. The van der Waals surface area contributed by atoms with Gasteiger partial charge in [-0.05, 0) is 50.6 Å². The monoisotopic (exact) mass is 303 g/mol. The average molecular weight is 303 g/mol. The summed E-state index contributed by atoms with van der Waals surface area (Å²) in [7, 11) is 6.15. The second-order valence-corrected chi connectivity index (χ2v) is 6.45. The number of hydrogen-bond acceptors (Lipinski definition) is 3. The average Bonchev–Trinajstić information content (AvgIpc) is 2.72. The molecule has 22 heavy (non-hydrogen) atoms. The lowest BCUT2D eigenvalue weighted by molar-refractivity contribution is -0.126. The summed E-state index contributed by atoms with van der Waals surface area (Å²) in [6, 6.07) is 8.57. The van der Waals surface area contributed by atoms with E-state index in [1.54, 1.807) is 0 Å². The molecule has 1 aliphatic heterocycles. The van der Waals surface area contributed by atoms with E-state index in [9.17, 15) is 4.79 Å². The standard InChI is InChI=1S/C18H29N3O/c1-20(2)16-10-8-15(9-11-16)12-13-19-18(22)17-7-5-4-6-14-21(17)3/h8-11,17H,4-7,12-14H2,1-3H3,(H,19,22)/t17-/m0/s1. The molecule has 0 radical (unpaired) electrons. The second-order valence-electron chi connectivity index (χ2n) is 6.45. The van der Waals surface area contributed by atoms with Gasteiger partial charge in [-0.1, -0.05) is 25.0 Å². The number of likely N-dealkylation sites (tertiary alicyclic amines) is 1. The lowest BCUT2D eigenvalue weighted by atomic mass is 10.1. The summed E-state index contributed by atoms with van der Waals surface area (Å²) in [4.78, 5) is 16.6. The Bertz CT molecular complexity index is 470. The molecule has 1 aliphatic rings. The topological polar surface area (TPSA) is 35.6 Å². The third-order valence-electron chi connectivity index (χ3n) is 4.49. The van der Waals surface area contributed by atoms with Crippen molar-refractivity contribution in [2.75, 3.05) is 39.1 Å². The van der Waals surface area contributed by atoms with Gasteiger partial charge >= 0.3 is 0 Å². The zero-order valence-corrected chi connectivity index (χ0v) is 14.1. The summed E-state index contributed by atoms with van der Waals surface area (Å²) in [6.07, 6.45) is 5.48. The van der Waals surface area contributed by atoms with E-state index in [1.165, 1.54) is 24.1 Å². The summed E-state index contributed by atoms with van der Waals surface area (Å²) >= 11 is 0. The van der Waals surface area contributed by atoms with Gasteiger partial charge in [0, 0.05) is 26.3 Å². The molecule has 2 rings (SSSR count). The summed E-state index contributed by atoms with van der Waals surface area (Å²) in [5.41, 5.74) is 2.47. The highest BCUT2D eigenvalue weighted by Gasteiger charge is 2.24. The molecule has 0 bridgehead atoms. The number of nitrogens with zero attached hydrogens (tertiary/aromatic N) is 2. The number of amides is 1. The summed E-state index contributed by atoms with van der Waals surface area (Å²) < 4.78 is 0. The van der Waals surface area contributed by atoms with Gasteiger partial charge in [0.1, 0.15) is 0 Å². The number of nitrogens with one attached hydrogen (secondary N) is 1. The van der Waals surface area contributed by atoms with Crippen molar-refractivity contribution < 1.29 is 4.79 Å². The van der Waals surface area contributed by atoms with Crippen molar-refractivity contribution in [2.24, 2.45) is 0 Å². The molecule has 1 N–H and O–H groups in total. The number of hydrogen-bond donors (Lipinski definition) is 1. The molecule has 4 heteroatoms. The van der Waals surface area contributed by atoms with Crippen LogP contribution in [0.3, 0.4) is 0 Å². The molecule has 1 aromatic rings. The normalized spacial score (nSPS) is 19.5. The first-order valence-electron chi connectivity index (χ1n) is 8.32. The number of benzene rings is 1. The molecule has 4 nitrogen and oxygen atoms in total. The lowest BCUT2D eigenvalue weighted by Gasteiger charge is -2.24. The van der Waals surface area contributed by atoms with E-state index in [0.717, 1.165) is 25.8 Å². The molecule has 1 fully saturated rings. The molecule has 0 spiro atoms. The highest BCUT2D eigenvalue weighted by atomic mass is 16.2. The van der Waals surface area contributed by atoms with Gasteiger partial charge in [-0.25, -0.2) is 0 Å². The van der Waals surface area contributed by atoms with Gasteiger partial charge in [-0.3, -0.25) is 9.69 Å². The van der Waals surface area contributed by atoms with E-state index in [0.29, 0.717) is 6.54 Å².